The Bertz CT molecular complexity index is 587. The lowest BCUT2D eigenvalue weighted by Crippen LogP contribution is -2.48. The van der Waals surface area contributed by atoms with Gasteiger partial charge in [0, 0.05) is 6.42 Å². The van der Waals surface area contributed by atoms with Crippen molar-refractivity contribution in [2.75, 3.05) is 19.6 Å². The molecule has 9 heteroatoms. The number of hydrogen-bond donors (Lipinski definition) is 4. The molecule has 0 aliphatic carbocycles. The third-order valence-corrected chi connectivity index (χ3v) is 3.00. The zero-order chi connectivity index (χ0) is 18.1. The van der Waals surface area contributed by atoms with E-state index in [1.807, 2.05) is 0 Å². The van der Waals surface area contributed by atoms with Crippen LogP contribution >= 0.6 is 0 Å². The largest absolute Gasteiger partial charge is 0.480 e. The first-order valence-corrected chi connectivity index (χ1v) is 7.00. The molecule has 24 heavy (non-hydrogen) atoms. The normalized spacial score (nSPS) is 11.7. The highest BCUT2D eigenvalue weighted by Crippen LogP contribution is 2.03. The number of carbonyl (C=O) groups excluding carboxylic acids is 1. The quantitative estimate of drug-likeness (QED) is 0.437. The molecule has 0 spiro atoms. The number of rotatable bonds is 10. The topological polar surface area (TPSA) is 144 Å². The highest BCUT2D eigenvalue weighted by molar-refractivity contribution is 5.85. The van der Waals surface area contributed by atoms with Gasteiger partial charge in [0.15, 0.2) is 0 Å². The predicted octanol–water partition coefficient (Wildman–Crippen LogP) is -0.730. The van der Waals surface area contributed by atoms with E-state index in [0.717, 1.165) is 4.90 Å². The van der Waals surface area contributed by atoms with E-state index < -0.39 is 49.5 Å². The van der Waals surface area contributed by atoms with Crippen LogP contribution in [0.2, 0.25) is 0 Å². The molecule has 130 valence electrons. The summed E-state index contributed by atoms with van der Waals surface area (Å²) in [6, 6.07) is 7.46. The SMILES string of the molecule is O=C(O)CN(CC(=O)O)CC(=O)NC(Cc1ccccc1)C(=O)O. The maximum Gasteiger partial charge on any atom is 0.326 e. The summed E-state index contributed by atoms with van der Waals surface area (Å²) in [5, 5.41) is 28.9. The summed E-state index contributed by atoms with van der Waals surface area (Å²) in [5.74, 6) is -4.58. The summed E-state index contributed by atoms with van der Waals surface area (Å²) in [7, 11) is 0. The lowest BCUT2D eigenvalue weighted by molar-refractivity contribution is -0.145. The van der Waals surface area contributed by atoms with Gasteiger partial charge in [-0.15, -0.1) is 0 Å². The van der Waals surface area contributed by atoms with Crippen molar-refractivity contribution < 1.29 is 34.5 Å². The maximum absolute atomic E-state index is 11.9. The van der Waals surface area contributed by atoms with E-state index in [0.29, 0.717) is 5.56 Å². The van der Waals surface area contributed by atoms with Crippen molar-refractivity contribution in [3.8, 4) is 0 Å². The number of nitrogens with zero attached hydrogens (tertiary/aromatic N) is 1. The first-order chi connectivity index (χ1) is 11.3. The van der Waals surface area contributed by atoms with Crippen molar-refractivity contribution in [3.05, 3.63) is 35.9 Å². The maximum atomic E-state index is 11.9. The fourth-order valence-electron chi connectivity index (χ4n) is 2.04. The number of amides is 1. The second-order valence-corrected chi connectivity index (χ2v) is 5.08. The standard InChI is InChI=1S/C15H18N2O7/c18-12(7-17(8-13(19)20)9-14(21)22)16-11(15(23)24)6-10-4-2-1-3-5-10/h1-5,11H,6-9H2,(H,16,18)(H,19,20)(H,21,22)(H,23,24). The summed E-state index contributed by atoms with van der Waals surface area (Å²) in [6.07, 6.45) is 0.0553. The third-order valence-electron chi connectivity index (χ3n) is 3.00. The second kappa shape index (κ2) is 9.26. The van der Waals surface area contributed by atoms with Crippen molar-refractivity contribution in [1.29, 1.82) is 0 Å². The molecule has 1 unspecified atom stereocenters. The molecule has 1 aromatic carbocycles. The van der Waals surface area contributed by atoms with E-state index in [-0.39, 0.29) is 6.42 Å². The van der Waals surface area contributed by atoms with Gasteiger partial charge in [-0.2, -0.15) is 0 Å². The van der Waals surface area contributed by atoms with Gasteiger partial charge in [-0.3, -0.25) is 19.3 Å². The van der Waals surface area contributed by atoms with Crippen LogP contribution in [0, 0.1) is 0 Å². The lowest BCUT2D eigenvalue weighted by Gasteiger charge is -2.20. The number of carbonyl (C=O) groups is 4. The number of carboxylic acids is 3. The van der Waals surface area contributed by atoms with Gasteiger partial charge in [-0.25, -0.2) is 4.79 Å². The fraction of sp³-hybridized carbons (Fsp3) is 0.333. The molecule has 1 atom stereocenters. The minimum Gasteiger partial charge on any atom is -0.480 e. The Hall–Kier alpha value is -2.94. The van der Waals surface area contributed by atoms with Gasteiger partial charge in [0.25, 0.3) is 0 Å². The highest BCUT2D eigenvalue weighted by atomic mass is 16.4. The third kappa shape index (κ3) is 7.36. The van der Waals surface area contributed by atoms with Crippen LogP contribution in [0.15, 0.2) is 30.3 Å². The van der Waals surface area contributed by atoms with Crippen LogP contribution in [0.3, 0.4) is 0 Å². The van der Waals surface area contributed by atoms with E-state index >= 15 is 0 Å². The molecule has 0 aromatic heterocycles. The Kier molecular flexibility index (Phi) is 7.37. The molecule has 0 bridgehead atoms. The van der Waals surface area contributed by atoms with Crippen molar-refractivity contribution in [3.63, 3.8) is 0 Å². The number of carboxylic acid groups (broad SMARTS) is 3. The number of aliphatic carboxylic acids is 3. The van der Waals surface area contributed by atoms with Gasteiger partial charge in [0.1, 0.15) is 6.04 Å². The van der Waals surface area contributed by atoms with Gasteiger partial charge < -0.3 is 20.6 Å². The zero-order valence-electron chi connectivity index (χ0n) is 12.7. The molecule has 0 aliphatic heterocycles. The van der Waals surface area contributed by atoms with E-state index in [2.05, 4.69) is 5.32 Å². The Morgan fingerprint density at radius 1 is 0.917 bits per heavy atom. The minimum absolute atomic E-state index is 0.0553. The van der Waals surface area contributed by atoms with Crippen LogP contribution in [-0.4, -0.2) is 69.7 Å². The summed E-state index contributed by atoms with van der Waals surface area (Å²) < 4.78 is 0. The lowest BCUT2D eigenvalue weighted by atomic mass is 10.1. The van der Waals surface area contributed by atoms with Crippen LogP contribution in [0.5, 0.6) is 0 Å². The highest BCUT2D eigenvalue weighted by Gasteiger charge is 2.23. The molecule has 4 N–H and O–H groups in total. The number of benzene rings is 1. The van der Waals surface area contributed by atoms with Crippen LogP contribution in [0.25, 0.3) is 0 Å². The predicted molar refractivity (Wildman–Crippen MR) is 81.4 cm³/mol. The first kappa shape index (κ1) is 19.1. The molecule has 9 nitrogen and oxygen atoms in total. The Morgan fingerprint density at radius 3 is 1.92 bits per heavy atom. The molecule has 0 heterocycles. The summed E-state index contributed by atoms with van der Waals surface area (Å²) in [4.78, 5) is 45.4. The summed E-state index contributed by atoms with van der Waals surface area (Å²) in [5.41, 5.74) is 0.707. The summed E-state index contributed by atoms with van der Waals surface area (Å²) >= 11 is 0. The van der Waals surface area contributed by atoms with Crippen LogP contribution < -0.4 is 5.32 Å². The molecule has 0 aliphatic rings. The van der Waals surface area contributed by atoms with Crippen molar-refractivity contribution in [1.82, 2.24) is 10.2 Å². The molecular formula is C15H18N2O7. The molecule has 0 saturated heterocycles. The van der Waals surface area contributed by atoms with Crippen LogP contribution in [0.1, 0.15) is 5.56 Å². The van der Waals surface area contributed by atoms with Crippen LogP contribution in [0.4, 0.5) is 0 Å². The second-order valence-electron chi connectivity index (χ2n) is 5.08. The van der Waals surface area contributed by atoms with Crippen molar-refractivity contribution >= 4 is 23.8 Å². The van der Waals surface area contributed by atoms with E-state index in [4.69, 9.17) is 10.2 Å². The molecular weight excluding hydrogens is 320 g/mol. The first-order valence-electron chi connectivity index (χ1n) is 7.00. The minimum atomic E-state index is -1.29. The van der Waals surface area contributed by atoms with E-state index in [1.165, 1.54) is 0 Å². The fourth-order valence-corrected chi connectivity index (χ4v) is 2.04. The molecule has 0 radical (unpaired) electrons. The molecule has 1 amide bonds. The van der Waals surface area contributed by atoms with Gasteiger partial charge in [0.05, 0.1) is 19.6 Å². The van der Waals surface area contributed by atoms with Gasteiger partial charge in [-0.1, -0.05) is 30.3 Å². The Labute approximate surface area is 137 Å². The summed E-state index contributed by atoms with van der Waals surface area (Å²) in [6.45, 7) is -1.82. The molecule has 1 aromatic rings. The zero-order valence-corrected chi connectivity index (χ0v) is 12.7. The van der Waals surface area contributed by atoms with Crippen molar-refractivity contribution in [2.45, 2.75) is 12.5 Å². The molecule has 0 fully saturated rings. The van der Waals surface area contributed by atoms with E-state index in [9.17, 15) is 24.3 Å². The average Bonchev–Trinajstić information content (AvgIpc) is 2.45. The average molecular weight is 338 g/mol. The molecule has 0 saturated carbocycles. The van der Waals surface area contributed by atoms with Crippen molar-refractivity contribution in [2.24, 2.45) is 0 Å². The smallest absolute Gasteiger partial charge is 0.326 e. The Balaban J connectivity index is 2.67. The van der Waals surface area contributed by atoms with Crippen LogP contribution in [-0.2, 0) is 25.6 Å². The van der Waals surface area contributed by atoms with E-state index in [1.54, 1.807) is 30.3 Å². The van der Waals surface area contributed by atoms with Gasteiger partial charge in [-0.05, 0) is 5.56 Å². The molecule has 1 rings (SSSR count). The monoisotopic (exact) mass is 338 g/mol. The van der Waals surface area contributed by atoms with Gasteiger partial charge >= 0.3 is 17.9 Å². The Morgan fingerprint density at radius 2 is 1.46 bits per heavy atom. The van der Waals surface area contributed by atoms with Gasteiger partial charge in [0.2, 0.25) is 5.91 Å². The number of nitrogens with one attached hydrogen (secondary N) is 1. The number of hydrogen-bond acceptors (Lipinski definition) is 5.